The molecule has 0 aliphatic carbocycles. The molecule has 0 radical (unpaired) electrons. The van der Waals surface area contributed by atoms with Gasteiger partial charge in [0, 0.05) is 20.6 Å². The van der Waals surface area contributed by atoms with Crippen molar-refractivity contribution in [3.8, 4) is 5.75 Å². The van der Waals surface area contributed by atoms with Gasteiger partial charge in [0.15, 0.2) is 0 Å². The Hall–Kier alpha value is -1.52. The van der Waals surface area contributed by atoms with Gasteiger partial charge in [-0.2, -0.15) is 0 Å². The zero-order valence-corrected chi connectivity index (χ0v) is 14.9. The van der Waals surface area contributed by atoms with Gasteiger partial charge >= 0.3 is 5.97 Å². The van der Waals surface area contributed by atoms with Gasteiger partial charge in [-0.3, -0.25) is 0 Å². The van der Waals surface area contributed by atoms with Crippen LogP contribution < -0.4 is 4.74 Å². The quantitative estimate of drug-likeness (QED) is 0.690. The van der Waals surface area contributed by atoms with Crippen molar-refractivity contribution in [3.05, 3.63) is 62.1 Å². The maximum absolute atomic E-state index is 11.6. The lowest BCUT2D eigenvalue weighted by Crippen LogP contribution is -2.06. The van der Waals surface area contributed by atoms with Crippen molar-refractivity contribution in [1.82, 2.24) is 0 Å². The first kappa shape index (κ1) is 16.8. The molecule has 3 nitrogen and oxygen atoms in total. The summed E-state index contributed by atoms with van der Waals surface area (Å²) in [6, 6.07) is 9.25. The standard InChI is InChI=1S/C17H16BrClO3/c1-10-7-12(15(19)8-13(10)17(20)21-3)9-22-16-6-4-5-14(18)11(16)2/h4-8H,9H2,1-3H3. The minimum absolute atomic E-state index is 0.332. The highest BCUT2D eigenvalue weighted by Crippen LogP contribution is 2.28. The summed E-state index contributed by atoms with van der Waals surface area (Å²) in [7, 11) is 1.35. The molecule has 0 bridgehead atoms. The molecule has 0 atom stereocenters. The van der Waals surface area contributed by atoms with Crippen LogP contribution in [0.15, 0.2) is 34.8 Å². The van der Waals surface area contributed by atoms with Crippen LogP contribution in [-0.2, 0) is 11.3 Å². The molecule has 0 amide bonds. The first-order valence-electron chi connectivity index (χ1n) is 6.69. The Kier molecular flexibility index (Phi) is 5.48. The Bertz CT molecular complexity index is 713. The highest BCUT2D eigenvalue weighted by atomic mass is 79.9. The van der Waals surface area contributed by atoms with E-state index < -0.39 is 5.97 Å². The number of rotatable bonds is 4. The molecule has 5 heteroatoms. The first-order chi connectivity index (χ1) is 10.4. The van der Waals surface area contributed by atoms with Gasteiger partial charge in [0.25, 0.3) is 0 Å². The molecule has 2 aromatic rings. The van der Waals surface area contributed by atoms with Crippen LogP contribution in [0.25, 0.3) is 0 Å². The third-order valence-electron chi connectivity index (χ3n) is 3.40. The molecule has 2 rings (SSSR count). The molecular formula is C17H16BrClO3. The lowest BCUT2D eigenvalue weighted by molar-refractivity contribution is 0.0600. The molecule has 0 aromatic heterocycles. The van der Waals surface area contributed by atoms with E-state index in [9.17, 15) is 4.79 Å². The van der Waals surface area contributed by atoms with Gasteiger partial charge in [0.2, 0.25) is 0 Å². The lowest BCUT2D eigenvalue weighted by Gasteiger charge is -2.13. The summed E-state index contributed by atoms with van der Waals surface area (Å²) in [6.07, 6.45) is 0. The number of carbonyl (C=O) groups excluding carboxylic acids is 1. The number of ether oxygens (including phenoxy) is 2. The van der Waals surface area contributed by atoms with Crippen molar-refractivity contribution in [1.29, 1.82) is 0 Å². The van der Waals surface area contributed by atoms with Crippen molar-refractivity contribution < 1.29 is 14.3 Å². The van der Waals surface area contributed by atoms with Crippen molar-refractivity contribution in [2.24, 2.45) is 0 Å². The average Bonchev–Trinajstić information content (AvgIpc) is 2.50. The van der Waals surface area contributed by atoms with Crippen LogP contribution in [0.4, 0.5) is 0 Å². The molecule has 0 N–H and O–H groups in total. The molecular weight excluding hydrogens is 368 g/mol. The summed E-state index contributed by atoms with van der Waals surface area (Å²) in [5.41, 5.74) is 3.13. The molecule has 0 unspecified atom stereocenters. The van der Waals surface area contributed by atoms with Gasteiger partial charge < -0.3 is 9.47 Å². The van der Waals surface area contributed by atoms with Crippen molar-refractivity contribution in [2.75, 3.05) is 7.11 Å². The Labute approximate surface area is 143 Å². The number of methoxy groups -OCH3 is 1. The van der Waals surface area contributed by atoms with Gasteiger partial charge in [0.05, 0.1) is 12.7 Å². The lowest BCUT2D eigenvalue weighted by atomic mass is 10.1. The van der Waals surface area contributed by atoms with E-state index in [1.807, 2.05) is 38.1 Å². The Balaban J connectivity index is 2.22. The van der Waals surface area contributed by atoms with Crippen LogP contribution in [0.1, 0.15) is 27.0 Å². The second-order valence-electron chi connectivity index (χ2n) is 4.90. The molecule has 22 heavy (non-hydrogen) atoms. The topological polar surface area (TPSA) is 35.5 Å². The maximum Gasteiger partial charge on any atom is 0.338 e. The van der Waals surface area contributed by atoms with Gasteiger partial charge in [-0.15, -0.1) is 0 Å². The zero-order valence-electron chi connectivity index (χ0n) is 12.6. The summed E-state index contributed by atoms with van der Waals surface area (Å²) in [6.45, 7) is 4.15. The number of hydrogen-bond acceptors (Lipinski definition) is 3. The number of hydrogen-bond donors (Lipinski definition) is 0. The van der Waals surface area contributed by atoms with E-state index in [2.05, 4.69) is 15.9 Å². The Morgan fingerprint density at radius 3 is 2.68 bits per heavy atom. The highest BCUT2D eigenvalue weighted by Gasteiger charge is 2.13. The molecule has 0 aliphatic heterocycles. The van der Waals surface area contributed by atoms with Gasteiger partial charge in [-0.25, -0.2) is 4.79 Å². The first-order valence-corrected chi connectivity index (χ1v) is 7.86. The van der Waals surface area contributed by atoms with E-state index in [4.69, 9.17) is 21.1 Å². The second kappa shape index (κ2) is 7.16. The normalized spacial score (nSPS) is 10.4. The summed E-state index contributed by atoms with van der Waals surface area (Å²) < 4.78 is 11.6. The predicted octanol–water partition coefficient (Wildman–Crippen LogP) is 5.08. The van der Waals surface area contributed by atoms with Crippen LogP contribution in [0.5, 0.6) is 5.75 Å². The highest BCUT2D eigenvalue weighted by molar-refractivity contribution is 9.10. The Morgan fingerprint density at radius 1 is 1.27 bits per heavy atom. The zero-order chi connectivity index (χ0) is 16.3. The van der Waals surface area contributed by atoms with Gasteiger partial charge in [-0.1, -0.05) is 39.7 Å². The molecule has 0 aliphatic rings. The number of carbonyl (C=O) groups is 1. The third-order valence-corrected chi connectivity index (χ3v) is 4.61. The fraction of sp³-hybridized carbons (Fsp3) is 0.235. The summed E-state index contributed by atoms with van der Waals surface area (Å²) >= 11 is 9.72. The van der Waals surface area contributed by atoms with E-state index >= 15 is 0 Å². The predicted molar refractivity (Wildman–Crippen MR) is 90.7 cm³/mol. The van der Waals surface area contributed by atoms with E-state index in [0.717, 1.165) is 26.9 Å². The number of esters is 1. The Morgan fingerprint density at radius 2 is 2.00 bits per heavy atom. The van der Waals surface area contributed by atoms with Crippen LogP contribution in [0.2, 0.25) is 5.02 Å². The molecule has 2 aromatic carbocycles. The maximum atomic E-state index is 11.6. The van der Waals surface area contributed by atoms with Gasteiger partial charge in [-0.05, 0) is 37.6 Å². The van der Waals surface area contributed by atoms with Crippen molar-refractivity contribution in [2.45, 2.75) is 20.5 Å². The minimum Gasteiger partial charge on any atom is -0.489 e. The SMILES string of the molecule is COC(=O)c1cc(Cl)c(COc2cccc(Br)c2C)cc1C. The van der Waals surface area contributed by atoms with Crippen LogP contribution in [0, 0.1) is 13.8 Å². The third kappa shape index (κ3) is 3.62. The summed E-state index contributed by atoms with van der Waals surface area (Å²) in [5.74, 6) is 0.398. The fourth-order valence-electron chi connectivity index (χ4n) is 2.08. The van der Waals surface area contributed by atoms with Crippen LogP contribution in [-0.4, -0.2) is 13.1 Å². The van der Waals surface area contributed by atoms with E-state index in [-0.39, 0.29) is 0 Å². The van der Waals surface area contributed by atoms with E-state index in [1.165, 1.54) is 7.11 Å². The fourth-order valence-corrected chi connectivity index (χ4v) is 2.65. The van der Waals surface area contributed by atoms with Crippen LogP contribution >= 0.6 is 27.5 Å². The number of halogens is 2. The van der Waals surface area contributed by atoms with Gasteiger partial charge in [0.1, 0.15) is 12.4 Å². The molecule has 0 saturated heterocycles. The second-order valence-corrected chi connectivity index (χ2v) is 6.16. The molecule has 0 fully saturated rings. The molecule has 0 spiro atoms. The van der Waals surface area contributed by atoms with E-state index in [1.54, 1.807) is 6.07 Å². The largest absolute Gasteiger partial charge is 0.489 e. The molecule has 0 heterocycles. The van der Waals surface area contributed by atoms with Crippen LogP contribution in [0.3, 0.4) is 0 Å². The average molecular weight is 384 g/mol. The summed E-state index contributed by atoms with van der Waals surface area (Å²) in [5, 5.41) is 0.485. The molecule has 116 valence electrons. The monoisotopic (exact) mass is 382 g/mol. The molecule has 0 saturated carbocycles. The summed E-state index contributed by atoms with van der Waals surface area (Å²) in [4.78, 5) is 11.6. The minimum atomic E-state index is -0.394. The van der Waals surface area contributed by atoms with Crippen molar-refractivity contribution in [3.63, 3.8) is 0 Å². The van der Waals surface area contributed by atoms with Crippen molar-refractivity contribution >= 4 is 33.5 Å². The number of aryl methyl sites for hydroxylation is 1. The number of benzene rings is 2. The smallest absolute Gasteiger partial charge is 0.338 e. The van der Waals surface area contributed by atoms with E-state index in [0.29, 0.717) is 17.2 Å².